The van der Waals surface area contributed by atoms with Gasteiger partial charge in [-0.05, 0) is 23.8 Å². The van der Waals surface area contributed by atoms with Crippen molar-refractivity contribution in [1.82, 2.24) is 5.32 Å². The monoisotopic (exact) mass is 298 g/mol. The number of nitrogens with zero attached hydrogens (tertiary/aromatic N) is 1. The summed E-state index contributed by atoms with van der Waals surface area (Å²) in [5, 5.41) is 3.30. The maximum atomic E-state index is 14.2. The van der Waals surface area contributed by atoms with Gasteiger partial charge in [0, 0.05) is 39.0 Å². The van der Waals surface area contributed by atoms with E-state index >= 15 is 0 Å². The van der Waals surface area contributed by atoms with Crippen molar-refractivity contribution in [1.29, 1.82) is 0 Å². The molecule has 1 fully saturated rings. The minimum atomic E-state index is -0.108. The van der Waals surface area contributed by atoms with Gasteiger partial charge in [-0.15, -0.1) is 0 Å². The van der Waals surface area contributed by atoms with Crippen molar-refractivity contribution in [3.8, 4) is 0 Å². The van der Waals surface area contributed by atoms with Crippen molar-refractivity contribution < 1.29 is 9.13 Å². The van der Waals surface area contributed by atoms with Crippen LogP contribution in [0.4, 0.5) is 10.1 Å². The van der Waals surface area contributed by atoms with Gasteiger partial charge in [-0.25, -0.2) is 4.39 Å². The predicted molar refractivity (Wildman–Crippen MR) is 84.1 cm³/mol. The van der Waals surface area contributed by atoms with Crippen LogP contribution >= 0.6 is 11.8 Å². The Morgan fingerprint density at radius 1 is 1.35 bits per heavy atom. The number of benzene rings is 1. The van der Waals surface area contributed by atoms with E-state index in [-0.39, 0.29) is 5.82 Å². The van der Waals surface area contributed by atoms with Crippen LogP contribution in [0.3, 0.4) is 0 Å². The molecule has 0 radical (unpaired) electrons. The lowest BCUT2D eigenvalue weighted by molar-refractivity contribution is 0.199. The Hall–Kier alpha value is -0.780. The van der Waals surface area contributed by atoms with Crippen LogP contribution in [0.15, 0.2) is 18.2 Å². The maximum Gasteiger partial charge on any atom is 0.146 e. The van der Waals surface area contributed by atoms with E-state index in [1.807, 2.05) is 17.8 Å². The standard InChI is InChI=1S/C15H23FN2OS/c1-19-9-6-17-12-13-4-2-5-14(16)15(13)18-7-3-10-20-11-8-18/h2,4-5,17H,3,6-12H2,1H3. The molecule has 2 rings (SSSR count). The Labute approximate surface area is 124 Å². The van der Waals surface area contributed by atoms with E-state index in [1.165, 1.54) is 5.75 Å². The SMILES string of the molecule is COCCNCc1cccc(F)c1N1CCCSCC1. The van der Waals surface area contributed by atoms with Gasteiger partial charge in [0.2, 0.25) is 0 Å². The van der Waals surface area contributed by atoms with Crippen molar-refractivity contribution in [2.45, 2.75) is 13.0 Å². The molecule has 1 N–H and O–H groups in total. The second-order valence-electron chi connectivity index (χ2n) is 4.87. The minimum Gasteiger partial charge on any atom is -0.383 e. The number of rotatable bonds is 6. The molecule has 1 aromatic carbocycles. The Morgan fingerprint density at radius 2 is 2.25 bits per heavy atom. The normalized spacial score (nSPS) is 16.2. The van der Waals surface area contributed by atoms with Gasteiger partial charge in [0.1, 0.15) is 5.82 Å². The number of nitrogens with one attached hydrogen (secondary N) is 1. The third-order valence-corrected chi connectivity index (χ3v) is 4.46. The number of anilines is 1. The van der Waals surface area contributed by atoms with Gasteiger partial charge < -0.3 is 15.0 Å². The molecule has 0 bridgehead atoms. The molecular formula is C15H23FN2OS. The van der Waals surface area contributed by atoms with E-state index in [1.54, 1.807) is 19.2 Å². The largest absolute Gasteiger partial charge is 0.383 e. The van der Waals surface area contributed by atoms with Crippen LogP contribution in [0.2, 0.25) is 0 Å². The Balaban J connectivity index is 2.08. The second-order valence-corrected chi connectivity index (χ2v) is 6.09. The van der Waals surface area contributed by atoms with E-state index in [4.69, 9.17) is 4.74 Å². The highest BCUT2D eigenvalue weighted by atomic mass is 32.2. The van der Waals surface area contributed by atoms with Crippen molar-refractivity contribution >= 4 is 17.4 Å². The van der Waals surface area contributed by atoms with E-state index in [9.17, 15) is 4.39 Å². The third-order valence-electron chi connectivity index (χ3n) is 3.41. The Morgan fingerprint density at radius 3 is 3.10 bits per heavy atom. The molecule has 1 saturated heterocycles. The first-order valence-electron chi connectivity index (χ1n) is 7.12. The zero-order valence-corrected chi connectivity index (χ0v) is 12.8. The van der Waals surface area contributed by atoms with Gasteiger partial charge >= 0.3 is 0 Å². The fourth-order valence-electron chi connectivity index (χ4n) is 2.42. The van der Waals surface area contributed by atoms with Crippen LogP contribution in [0.25, 0.3) is 0 Å². The number of halogens is 1. The van der Waals surface area contributed by atoms with E-state index in [0.717, 1.165) is 43.1 Å². The molecule has 0 aromatic heterocycles. The fraction of sp³-hybridized carbons (Fsp3) is 0.600. The fourth-order valence-corrected chi connectivity index (χ4v) is 3.31. The summed E-state index contributed by atoms with van der Waals surface area (Å²) in [6.45, 7) is 4.00. The average molecular weight is 298 g/mol. The van der Waals surface area contributed by atoms with Gasteiger partial charge in [0.05, 0.1) is 12.3 Å². The quantitative estimate of drug-likeness (QED) is 0.816. The number of thioether (sulfide) groups is 1. The highest BCUT2D eigenvalue weighted by Gasteiger charge is 2.17. The zero-order valence-electron chi connectivity index (χ0n) is 12.0. The molecule has 0 atom stereocenters. The summed E-state index contributed by atoms with van der Waals surface area (Å²) < 4.78 is 19.3. The van der Waals surface area contributed by atoms with Crippen molar-refractivity contribution in [3.05, 3.63) is 29.6 Å². The van der Waals surface area contributed by atoms with Crippen molar-refractivity contribution in [3.63, 3.8) is 0 Å². The Kier molecular flexibility index (Phi) is 6.63. The number of ether oxygens (including phenoxy) is 1. The molecule has 0 amide bonds. The first-order valence-corrected chi connectivity index (χ1v) is 8.28. The summed E-state index contributed by atoms with van der Waals surface area (Å²) in [5.74, 6) is 2.14. The molecule has 5 heteroatoms. The molecule has 1 aromatic rings. The number of hydrogen-bond donors (Lipinski definition) is 1. The number of hydrogen-bond acceptors (Lipinski definition) is 4. The average Bonchev–Trinajstić information content (AvgIpc) is 2.72. The highest BCUT2D eigenvalue weighted by molar-refractivity contribution is 7.99. The maximum absolute atomic E-state index is 14.2. The molecule has 0 spiro atoms. The molecule has 1 aliphatic heterocycles. The number of methoxy groups -OCH3 is 1. The lowest BCUT2D eigenvalue weighted by Crippen LogP contribution is -2.29. The summed E-state index contributed by atoms with van der Waals surface area (Å²) in [6.07, 6.45) is 1.12. The molecule has 112 valence electrons. The molecule has 1 heterocycles. The molecular weight excluding hydrogens is 275 g/mol. The molecule has 1 aliphatic rings. The lowest BCUT2D eigenvalue weighted by atomic mass is 10.1. The van der Waals surface area contributed by atoms with Crippen LogP contribution in [0, 0.1) is 5.82 Å². The molecule has 3 nitrogen and oxygen atoms in total. The first-order chi connectivity index (χ1) is 9.83. The Bertz CT molecular complexity index is 409. The van der Waals surface area contributed by atoms with Crippen LogP contribution in [0.1, 0.15) is 12.0 Å². The van der Waals surface area contributed by atoms with Gasteiger partial charge in [-0.1, -0.05) is 12.1 Å². The summed E-state index contributed by atoms with van der Waals surface area (Å²) in [4.78, 5) is 2.20. The zero-order chi connectivity index (χ0) is 14.2. The van der Waals surface area contributed by atoms with E-state index < -0.39 is 0 Å². The van der Waals surface area contributed by atoms with Gasteiger partial charge in [-0.2, -0.15) is 11.8 Å². The minimum absolute atomic E-state index is 0.108. The van der Waals surface area contributed by atoms with E-state index in [2.05, 4.69) is 10.2 Å². The van der Waals surface area contributed by atoms with Crippen molar-refractivity contribution in [2.75, 3.05) is 49.8 Å². The van der Waals surface area contributed by atoms with Gasteiger partial charge in [0.15, 0.2) is 0 Å². The van der Waals surface area contributed by atoms with Crippen LogP contribution in [-0.2, 0) is 11.3 Å². The van der Waals surface area contributed by atoms with Crippen molar-refractivity contribution in [2.24, 2.45) is 0 Å². The summed E-state index contributed by atoms with van der Waals surface area (Å²) >= 11 is 1.95. The van der Waals surface area contributed by atoms with Crippen LogP contribution < -0.4 is 10.2 Å². The van der Waals surface area contributed by atoms with Crippen LogP contribution in [-0.4, -0.2) is 44.9 Å². The van der Waals surface area contributed by atoms with Gasteiger partial charge in [0.25, 0.3) is 0 Å². The lowest BCUT2D eigenvalue weighted by Gasteiger charge is -2.26. The first kappa shape index (κ1) is 15.6. The predicted octanol–water partition coefficient (Wildman–Crippen LogP) is 2.51. The molecule has 0 aliphatic carbocycles. The van der Waals surface area contributed by atoms with E-state index in [0.29, 0.717) is 13.2 Å². The summed E-state index contributed by atoms with van der Waals surface area (Å²) in [6, 6.07) is 5.36. The smallest absolute Gasteiger partial charge is 0.146 e. The molecule has 0 unspecified atom stereocenters. The second kappa shape index (κ2) is 8.49. The summed E-state index contributed by atoms with van der Waals surface area (Å²) in [7, 11) is 1.68. The molecule has 0 saturated carbocycles. The molecule has 20 heavy (non-hydrogen) atoms. The third kappa shape index (κ3) is 4.36. The highest BCUT2D eigenvalue weighted by Crippen LogP contribution is 2.26. The van der Waals surface area contributed by atoms with Crippen LogP contribution in [0.5, 0.6) is 0 Å². The number of para-hydroxylation sites is 1. The topological polar surface area (TPSA) is 24.5 Å². The van der Waals surface area contributed by atoms with Gasteiger partial charge in [-0.3, -0.25) is 0 Å². The summed E-state index contributed by atoms with van der Waals surface area (Å²) in [5.41, 5.74) is 1.81.